The summed E-state index contributed by atoms with van der Waals surface area (Å²) in [5.41, 5.74) is 1.06. The van der Waals surface area contributed by atoms with E-state index in [4.69, 9.17) is 9.47 Å². The number of hydrogen-bond donors (Lipinski definition) is 1. The van der Waals surface area contributed by atoms with Crippen LogP contribution in [0.5, 0.6) is 0 Å². The molecule has 7 heteroatoms. The molecule has 160 valence electrons. The minimum Gasteiger partial charge on any atom is -0.462 e. The van der Waals surface area contributed by atoms with Gasteiger partial charge in [-0.3, -0.25) is 5.32 Å². The standard InChI is InChI=1S/C21H34N2O4.ClH/c1-4-7-8-9-10-16-26-20(24)18-11-13-19(14-12-18)22-21(25)27-17-15-23(5-2)6-3;/h11-14H,4-10,15-17H2,1-3H3,(H,22,25);1H. The number of anilines is 1. The maximum Gasteiger partial charge on any atom is 0.411 e. The van der Waals surface area contributed by atoms with E-state index in [9.17, 15) is 9.59 Å². The van der Waals surface area contributed by atoms with E-state index in [0.717, 1.165) is 25.9 Å². The zero-order valence-electron chi connectivity index (χ0n) is 17.4. The van der Waals surface area contributed by atoms with Crippen LogP contribution in [0.25, 0.3) is 0 Å². The van der Waals surface area contributed by atoms with Crippen LogP contribution in [0.2, 0.25) is 0 Å². The third-order valence-electron chi connectivity index (χ3n) is 4.38. The Balaban J connectivity index is 0.00000729. The Hall–Kier alpha value is -1.79. The van der Waals surface area contributed by atoms with Gasteiger partial charge >= 0.3 is 12.1 Å². The summed E-state index contributed by atoms with van der Waals surface area (Å²) in [5, 5.41) is 2.66. The van der Waals surface area contributed by atoms with Gasteiger partial charge < -0.3 is 14.4 Å². The Morgan fingerprint density at radius 2 is 1.54 bits per heavy atom. The minimum atomic E-state index is -0.496. The molecule has 1 aromatic carbocycles. The topological polar surface area (TPSA) is 67.9 Å². The first kappa shape index (κ1) is 26.2. The molecule has 0 saturated carbocycles. The quantitative estimate of drug-likeness (QED) is 0.358. The van der Waals surface area contributed by atoms with Gasteiger partial charge in [0, 0.05) is 12.2 Å². The largest absolute Gasteiger partial charge is 0.462 e. The van der Waals surface area contributed by atoms with E-state index in [1.165, 1.54) is 19.3 Å². The van der Waals surface area contributed by atoms with E-state index in [0.29, 0.717) is 31.0 Å². The summed E-state index contributed by atoms with van der Waals surface area (Å²) in [5.74, 6) is -0.334. The van der Waals surface area contributed by atoms with Crippen molar-refractivity contribution in [3.63, 3.8) is 0 Å². The molecule has 0 aromatic heterocycles. The lowest BCUT2D eigenvalue weighted by atomic mass is 10.2. The van der Waals surface area contributed by atoms with Crippen LogP contribution in [0.3, 0.4) is 0 Å². The highest BCUT2D eigenvalue weighted by molar-refractivity contribution is 5.91. The number of esters is 1. The van der Waals surface area contributed by atoms with Crippen molar-refractivity contribution in [3.05, 3.63) is 29.8 Å². The molecule has 0 unspecified atom stereocenters. The summed E-state index contributed by atoms with van der Waals surface area (Å²) < 4.78 is 10.4. The number of ether oxygens (including phenoxy) is 2. The molecule has 1 aromatic rings. The van der Waals surface area contributed by atoms with Gasteiger partial charge in [-0.15, -0.1) is 12.4 Å². The van der Waals surface area contributed by atoms with Crippen molar-refractivity contribution < 1.29 is 19.1 Å². The molecule has 28 heavy (non-hydrogen) atoms. The van der Waals surface area contributed by atoms with Gasteiger partial charge in [0.15, 0.2) is 0 Å². The van der Waals surface area contributed by atoms with Gasteiger partial charge in [-0.05, 0) is 43.8 Å². The predicted molar refractivity (Wildman–Crippen MR) is 115 cm³/mol. The lowest BCUT2D eigenvalue weighted by Crippen LogP contribution is -2.28. The average Bonchev–Trinajstić information content (AvgIpc) is 2.68. The zero-order chi connectivity index (χ0) is 19.9. The number of carbonyl (C=O) groups is 2. The van der Waals surface area contributed by atoms with E-state index in [2.05, 4.69) is 31.0 Å². The van der Waals surface area contributed by atoms with Gasteiger partial charge in [0.2, 0.25) is 0 Å². The summed E-state index contributed by atoms with van der Waals surface area (Å²) in [4.78, 5) is 26.0. The molecule has 0 spiro atoms. The Labute approximate surface area is 175 Å². The summed E-state index contributed by atoms with van der Waals surface area (Å²) in [7, 11) is 0. The fraction of sp³-hybridized carbons (Fsp3) is 0.619. The normalized spacial score (nSPS) is 10.3. The predicted octanol–water partition coefficient (Wildman–Crippen LogP) is 5.13. The van der Waals surface area contributed by atoms with Crippen molar-refractivity contribution in [2.24, 2.45) is 0 Å². The maximum atomic E-state index is 12.0. The molecule has 0 heterocycles. The average molecular weight is 415 g/mol. The molecule has 6 nitrogen and oxygen atoms in total. The highest BCUT2D eigenvalue weighted by Crippen LogP contribution is 2.11. The van der Waals surface area contributed by atoms with Gasteiger partial charge in [0.05, 0.1) is 12.2 Å². The van der Waals surface area contributed by atoms with Crippen molar-refractivity contribution in [1.82, 2.24) is 4.90 Å². The Kier molecular flexibility index (Phi) is 15.2. The van der Waals surface area contributed by atoms with Crippen LogP contribution in [0.4, 0.5) is 10.5 Å². The fourth-order valence-electron chi connectivity index (χ4n) is 2.60. The maximum absolute atomic E-state index is 12.0. The molecule has 0 saturated heterocycles. The zero-order valence-corrected chi connectivity index (χ0v) is 18.2. The van der Waals surface area contributed by atoms with Crippen molar-refractivity contribution in [2.45, 2.75) is 52.9 Å². The second-order valence-electron chi connectivity index (χ2n) is 6.42. The number of unbranched alkanes of at least 4 members (excludes halogenated alkanes) is 4. The molecule has 0 aliphatic rings. The lowest BCUT2D eigenvalue weighted by Gasteiger charge is -2.17. The molecule has 1 rings (SSSR count). The summed E-state index contributed by atoms with van der Waals surface area (Å²) in [6.07, 6.45) is 5.08. The molecule has 0 radical (unpaired) electrons. The van der Waals surface area contributed by atoms with Crippen molar-refractivity contribution in [3.8, 4) is 0 Å². The van der Waals surface area contributed by atoms with Crippen molar-refractivity contribution in [1.29, 1.82) is 0 Å². The summed E-state index contributed by atoms with van der Waals surface area (Å²) in [6, 6.07) is 6.63. The van der Waals surface area contributed by atoms with E-state index in [1.54, 1.807) is 24.3 Å². The SMILES string of the molecule is CCCCCCCOC(=O)c1ccc(NC(=O)OCCN(CC)CC)cc1.Cl. The number of carbonyl (C=O) groups excluding carboxylic acids is 2. The molecule has 0 aliphatic carbocycles. The van der Waals surface area contributed by atoms with Crippen LogP contribution in [-0.2, 0) is 9.47 Å². The molecule has 0 bridgehead atoms. The first-order chi connectivity index (χ1) is 13.1. The number of amides is 1. The molecule has 0 atom stereocenters. The lowest BCUT2D eigenvalue weighted by molar-refractivity contribution is 0.0497. The first-order valence-corrected chi connectivity index (χ1v) is 10.0. The molecule has 0 aliphatic heterocycles. The first-order valence-electron chi connectivity index (χ1n) is 10.0. The van der Waals surface area contributed by atoms with Gasteiger partial charge in [-0.2, -0.15) is 0 Å². The van der Waals surface area contributed by atoms with Crippen LogP contribution in [0.1, 0.15) is 63.2 Å². The van der Waals surface area contributed by atoms with E-state index < -0.39 is 6.09 Å². The number of benzene rings is 1. The number of hydrogen-bond acceptors (Lipinski definition) is 5. The number of nitrogens with zero attached hydrogens (tertiary/aromatic N) is 1. The number of rotatable bonds is 13. The summed E-state index contributed by atoms with van der Waals surface area (Å²) >= 11 is 0. The van der Waals surface area contributed by atoms with Gasteiger partial charge in [-0.25, -0.2) is 9.59 Å². The minimum absolute atomic E-state index is 0. The Morgan fingerprint density at radius 3 is 2.14 bits per heavy atom. The van der Waals surface area contributed by atoms with Crippen LogP contribution in [0, 0.1) is 0 Å². The van der Waals surface area contributed by atoms with Crippen LogP contribution >= 0.6 is 12.4 Å². The number of halogens is 1. The van der Waals surface area contributed by atoms with E-state index in [-0.39, 0.29) is 18.4 Å². The number of nitrogens with one attached hydrogen (secondary N) is 1. The van der Waals surface area contributed by atoms with E-state index in [1.807, 2.05) is 0 Å². The molecule has 1 amide bonds. The highest BCUT2D eigenvalue weighted by Gasteiger charge is 2.09. The van der Waals surface area contributed by atoms with Crippen LogP contribution in [0.15, 0.2) is 24.3 Å². The van der Waals surface area contributed by atoms with Crippen molar-refractivity contribution in [2.75, 3.05) is 38.2 Å². The third-order valence-corrected chi connectivity index (χ3v) is 4.38. The molecule has 1 N–H and O–H groups in total. The van der Waals surface area contributed by atoms with Gasteiger partial charge in [-0.1, -0.05) is 46.5 Å². The second-order valence-corrected chi connectivity index (χ2v) is 6.42. The second kappa shape index (κ2) is 16.2. The number of likely N-dealkylation sites (N-methyl/N-ethyl adjacent to an activating group) is 1. The van der Waals surface area contributed by atoms with Crippen LogP contribution in [-0.4, -0.2) is 49.8 Å². The molecular weight excluding hydrogens is 380 g/mol. The third kappa shape index (κ3) is 11.1. The monoisotopic (exact) mass is 414 g/mol. The fourth-order valence-corrected chi connectivity index (χ4v) is 2.60. The molecule has 0 fully saturated rings. The smallest absolute Gasteiger partial charge is 0.411 e. The van der Waals surface area contributed by atoms with Gasteiger partial charge in [0.25, 0.3) is 0 Å². The van der Waals surface area contributed by atoms with E-state index >= 15 is 0 Å². The van der Waals surface area contributed by atoms with Crippen molar-refractivity contribution >= 4 is 30.2 Å². The highest BCUT2D eigenvalue weighted by atomic mass is 35.5. The molecular formula is C21H35ClN2O4. The van der Waals surface area contributed by atoms with Gasteiger partial charge in [0.1, 0.15) is 6.61 Å². The Morgan fingerprint density at radius 1 is 0.893 bits per heavy atom. The van der Waals surface area contributed by atoms with Crippen LogP contribution < -0.4 is 5.32 Å². The Bertz CT molecular complexity index is 548. The summed E-state index contributed by atoms with van der Waals surface area (Å²) in [6.45, 7) is 9.67.